The Bertz CT molecular complexity index is 682. The summed E-state index contributed by atoms with van der Waals surface area (Å²) in [6, 6.07) is 5.44. The standard InChI is InChI=1S/C11H8F2N2O3S/c12-11-7(5-14)2-1-3-9(11)15-6-8(4-10(15)16)19(13,17)18/h1-3,8H,4,6H2. The van der Waals surface area contributed by atoms with Crippen LogP contribution in [0.2, 0.25) is 0 Å². The molecule has 2 rings (SSSR count). The molecule has 8 heteroatoms. The van der Waals surface area contributed by atoms with Crippen molar-refractivity contribution in [2.24, 2.45) is 0 Å². The Hall–Kier alpha value is -2.01. The molecule has 1 aliphatic heterocycles. The summed E-state index contributed by atoms with van der Waals surface area (Å²) in [4.78, 5) is 12.5. The summed E-state index contributed by atoms with van der Waals surface area (Å²) in [6.45, 7) is -0.455. The van der Waals surface area contributed by atoms with E-state index in [0.29, 0.717) is 0 Å². The van der Waals surface area contributed by atoms with E-state index in [1.807, 2.05) is 0 Å². The molecule has 1 atom stereocenters. The van der Waals surface area contributed by atoms with E-state index in [1.165, 1.54) is 18.2 Å². The molecule has 0 aromatic heterocycles. The van der Waals surface area contributed by atoms with Crippen LogP contribution in [0, 0.1) is 17.1 Å². The third-order valence-electron chi connectivity index (χ3n) is 2.88. The molecule has 0 aliphatic carbocycles. The minimum atomic E-state index is -4.85. The number of anilines is 1. The van der Waals surface area contributed by atoms with Crippen molar-refractivity contribution < 1.29 is 21.5 Å². The van der Waals surface area contributed by atoms with Gasteiger partial charge in [0.25, 0.3) is 0 Å². The normalized spacial score (nSPS) is 19.5. The van der Waals surface area contributed by atoms with Crippen molar-refractivity contribution in [1.82, 2.24) is 0 Å². The molecule has 1 fully saturated rings. The summed E-state index contributed by atoms with van der Waals surface area (Å²) in [5.41, 5.74) is -0.480. The largest absolute Gasteiger partial charge is 0.308 e. The third kappa shape index (κ3) is 2.42. The van der Waals surface area contributed by atoms with Gasteiger partial charge in [-0.3, -0.25) is 4.79 Å². The zero-order valence-electron chi connectivity index (χ0n) is 9.51. The van der Waals surface area contributed by atoms with Gasteiger partial charge in [0, 0.05) is 13.0 Å². The summed E-state index contributed by atoms with van der Waals surface area (Å²) in [6.07, 6.45) is -0.533. The van der Waals surface area contributed by atoms with Gasteiger partial charge in [-0.1, -0.05) is 6.07 Å². The van der Waals surface area contributed by atoms with Crippen LogP contribution in [0.15, 0.2) is 18.2 Å². The highest BCUT2D eigenvalue weighted by Gasteiger charge is 2.40. The molecule has 1 aromatic rings. The van der Waals surface area contributed by atoms with Crippen LogP contribution in [0.4, 0.5) is 14.0 Å². The smallest absolute Gasteiger partial charge is 0.307 e. The highest BCUT2D eigenvalue weighted by Crippen LogP contribution is 2.29. The minimum Gasteiger partial charge on any atom is -0.308 e. The maximum absolute atomic E-state index is 13.9. The van der Waals surface area contributed by atoms with Crippen molar-refractivity contribution in [3.63, 3.8) is 0 Å². The second-order valence-electron chi connectivity index (χ2n) is 4.06. The lowest BCUT2D eigenvalue weighted by Gasteiger charge is -2.17. The van der Waals surface area contributed by atoms with Gasteiger partial charge in [-0.15, -0.1) is 3.89 Å². The quantitative estimate of drug-likeness (QED) is 0.763. The van der Waals surface area contributed by atoms with Gasteiger partial charge < -0.3 is 4.90 Å². The van der Waals surface area contributed by atoms with Gasteiger partial charge in [-0.2, -0.15) is 13.7 Å². The Balaban J connectivity index is 2.40. The summed E-state index contributed by atoms with van der Waals surface area (Å²) in [5.74, 6) is -1.62. The van der Waals surface area contributed by atoms with Gasteiger partial charge in [0.05, 0.1) is 11.3 Å². The van der Waals surface area contributed by atoms with Crippen LogP contribution < -0.4 is 4.90 Å². The van der Waals surface area contributed by atoms with Gasteiger partial charge in [0.2, 0.25) is 5.91 Å². The molecule has 0 saturated carbocycles. The molecule has 1 unspecified atom stereocenters. The van der Waals surface area contributed by atoms with Crippen LogP contribution >= 0.6 is 0 Å². The zero-order valence-corrected chi connectivity index (χ0v) is 10.3. The summed E-state index contributed by atoms with van der Waals surface area (Å²) >= 11 is 0. The molecule has 1 amide bonds. The first-order chi connectivity index (χ1) is 8.84. The molecule has 0 bridgehead atoms. The van der Waals surface area contributed by atoms with E-state index >= 15 is 0 Å². The predicted molar refractivity (Wildman–Crippen MR) is 61.9 cm³/mol. The second-order valence-corrected chi connectivity index (χ2v) is 5.67. The van der Waals surface area contributed by atoms with Crippen molar-refractivity contribution in [2.45, 2.75) is 11.7 Å². The maximum atomic E-state index is 13.9. The van der Waals surface area contributed by atoms with Crippen LogP contribution in [0.25, 0.3) is 0 Å². The molecule has 1 saturated heterocycles. The molecular weight excluding hydrogens is 278 g/mol. The van der Waals surface area contributed by atoms with E-state index in [-0.39, 0.29) is 11.3 Å². The van der Waals surface area contributed by atoms with E-state index in [1.54, 1.807) is 6.07 Å². The van der Waals surface area contributed by atoms with Crippen molar-refractivity contribution in [3.8, 4) is 6.07 Å². The summed E-state index contributed by atoms with van der Waals surface area (Å²) < 4.78 is 48.3. The number of benzene rings is 1. The Labute approximate surface area is 108 Å². The van der Waals surface area contributed by atoms with E-state index < -0.39 is 40.2 Å². The monoisotopic (exact) mass is 286 g/mol. The number of halogens is 2. The van der Waals surface area contributed by atoms with Crippen LogP contribution in [0.1, 0.15) is 12.0 Å². The van der Waals surface area contributed by atoms with Crippen molar-refractivity contribution in [2.75, 3.05) is 11.4 Å². The summed E-state index contributed by atoms with van der Waals surface area (Å²) in [5, 5.41) is 7.19. The number of nitriles is 1. The Morgan fingerprint density at radius 3 is 2.63 bits per heavy atom. The average molecular weight is 286 g/mol. The maximum Gasteiger partial charge on any atom is 0.307 e. The summed E-state index contributed by atoms with van der Waals surface area (Å²) in [7, 11) is -4.85. The Kier molecular flexibility index (Phi) is 3.24. The Morgan fingerprint density at radius 1 is 1.42 bits per heavy atom. The number of nitrogens with zero attached hydrogens (tertiary/aromatic N) is 2. The topological polar surface area (TPSA) is 78.2 Å². The fourth-order valence-electron chi connectivity index (χ4n) is 1.91. The fourth-order valence-corrected chi connectivity index (χ4v) is 2.58. The Morgan fingerprint density at radius 2 is 2.11 bits per heavy atom. The van der Waals surface area contributed by atoms with Crippen molar-refractivity contribution in [3.05, 3.63) is 29.6 Å². The van der Waals surface area contributed by atoms with Crippen LogP contribution in [-0.4, -0.2) is 26.1 Å². The van der Waals surface area contributed by atoms with Gasteiger partial charge >= 0.3 is 10.2 Å². The first-order valence-corrected chi connectivity index (χ1v) is 6.71. The third-order valence-corrected chi connectivity index (χ3v) is 3.99. The predicted octanol–water partition coefficient (Wildman–Crippen LogP) is 1.10. The van der Waals surface area contributed by atoms with E-state index in [4.69, 9.17) is 5.26 Å². The molecule has 1 aromatic carbocycles. The van der Waals surface area contributed by atoms with Gasteiger partial charge in [0.1, 0.15) is 11.3 Å². The molecule has 100 valence electrons. The SMILES string of the molecule is N#Cc1cccc(N2CC(S(=O)(=O)F)CC2=O)c1F. The molecule has 0 spiro atoms. The van der Waals surface area contributed by atoms with Crippen LogP contribution in [0.5, 0.6) is 0 Å². The highest BCUT2D eigenvalue weighted by molar-refractivity contribution is 7.87. The van der Waals surface area contributed by atoms with Crippen molar-refractivity contribution in [1.29, 1.82) is 5.26 Å². The van der Waals surface area contributed by atoms with Gasteiger partial charge in [-0.25, -0.2) is 4.39 Å². The molecule has 1 heterocycles. The number of carbonyl (C=O) groups is 1. The number of rotatable bonds is 2. The van der Waals surface area contributed by atoms with Crippen molar-refractivity contribution >= 4 is 21.8 Å². The number of hydrogen-bond donors (Lipinski definition) is 0. The number of carbonyl (C=O) groups excluding carboxylic acids is 1. The molecule has 0 radical (unpaired) electrons. The number of amides is 1. The van der Waals surface area contributed by atoms with Gasteiger partial charge in [0.15, 0.2) is 5.82 Å². The van der Waals surface area contributed by atoms with Gasteiger partial charge in [-0.05, 0) is 12.1 Å². The molecule has 5 nitrogen and oxygen atoms in total. The van der Waals surface area contributed by atoms with Crippen LogP contribution in [-0.2, 0) is 15.0 Å². The highest BCUT2D eigenvalue weighted by atomic mass is 32.3. The average Bonchev–Trinajstić information content (AvgIpc) is 2.71. The lowest BCUT2D eigenvalue weighted by Crippen LogP contribution is -2.27. The van der Waals surface area contributed by atoms with E-state index in [0.717, 1.165) is 4.90 Å². The lowest BCUT2D eigenvalue weighted by molar-refractivity contribution is -0.117. The molecule has 19 heavy (non-hydrogen) atoms. The second kappa shape index (κ2) is 4.59. The molecule has 0 N–H and O–H groups in total. The zero-order chi connectivity index (χ0) is 14.2. The molecule has 1 aliphatic rings. The first-order valence-electron chi connectivity index (χ1n) is 5.27. The minimum absolute atomic E-state index is 0.213. The lowest BCUT2D eigenvalue weighted by atomic mass is 10.2. The fraction of sp³-hybridized carbons (Fsp3) is 0.273. The number of hydrogen-bond acceptors (Lipinski definition) is 4. The molecular formula is C11H8F2N2O3S. The van der Waals surface area contributed by atoms with Crippen LogP contribution in [0.3, 0.4) is 0 Å². The van der Waals surface area contributed by atoms with E-state index in [2.05, 4.69) is 0 Å². The first kappa shape index (κ1) is 13.4. The van der Waals surface area contributed by atoms with E-state index in [9.17, 15) is 21.5 Å².